The molecule has 178 valence electrons. The summed E-state index contributed by atoms with van der Waals surface area (Å²) in [4.78, 5) is 0. The van der Waals surface area contributed by atoms with Gasteiger partial charge in [0.05, 0.1) is 37.1 Å². The van der Waals surface area contributed by atoms with Crippen molar-refractivity contribution in [2.75, 3.05) is 19.8 Å². The van der Waals surface area contributed by atoms with Gasteiger partial charge in [0.1, 0.15) is 0 Å². The molecule has 0 radical (unpaired) electrons. The highest BCUT2D eigenvalue weighted by atomic mass is 16.7. The molecule has 0 aromatic rings. The van der Waals surface area contributed by atoms with E-state index in [1.165, 1.54) is 12.8 Å². The Kier molecular flexibility index (Phi) is 5.04. The van der Waals surface area contributed by atoms with Gasteiger partial charge in [0.25, 0.3) is 0 Å². The summed E-state index contributed by atoms with van der Waals surface area (Å²) in [6.07, 6.45) is 8.09. The molecule has 1 unspecified atom stereocenters. The fourth-order valence-electron chi connectivity index (χ4n) is 8.18. The monoisotopic (exact) mass is 436 g/mol. The van der Waals surface area contributed by atoms with Gasteiger partial charge in [-0.05, 0) is 78.1 Å². The first-order chi connectivity index (χ1) is 14.4. The highest BCUT2D eigenvalue weighted by Crippen LogP contribution is 2.69. The Balaban J connectivity index is 1.47. The van der Waals surface area contributed by atoms with E-state index >= 15 is 0 Å². The Labute approximate surface area is 188 Å². The lowest BCUT2D eigenvalue weighted by molar-refractivity contribution is -0.359. The fourth-order valence-corrected chi connectivity index (χ4v) is 8.18. The molecule has 5 aliphatic rings. The number of hydrogen-bond donors (Lipinski definition) is 0. The van der Waals surface area contributed by atoms with Crippen molar-refractivity contribution in [3.05, 3.63) is 0 Å². The third-order valence-electron chi connectivity index (χ3n) is 10.1. The van der Waals surface area contributed by atoms with Crippen molar-refractivity contribution >= 4 is 0 Å². The molecule has 5 fully saturated rings. The summed E-state index contributed by atoms with van der Waals surface area (Å²) in [5, 5.41) is 0. The van der Waals surface area contributed by atoms with Gasteiger partial charge in [0.15, 0.2) is 11.6 Å². The predicted octanol–water partition coefficient (Wildman–Crippen LogP) is 5.45. The number of fused-ring (bicyclic) bond motifs is 4. The molecule has 3 aliphatic heterocycles. The molecule has 2 spiro atoms. The zero-order valence-electron chi connectivity index (χ0n) is 20.8. The number of ether oxygens (including phenoxy) is 5. The molecule has 0 N–H and O–H groups in total. The Bertz CT molecular complexity index is 721. The molecule has 5 nitrogen and oxygen atoms in total. The molecule has 3 heterocycles. The molecule has 2 saturated carbocycles. The summed E-state index contributed by atoms with van der Waals surface area (Å²) in [5.74, 6) is 0.0890. The number of hydrogen-bond acceptors (Lipinski definition) is 5. The molecule has 2 aliphatic carbocycles. The van der Waals surface area contributed by atoms with E-state index in [9.17, 15) is 0 Å². The van der Waals surface area contributed by atoms with E-state index in [1.807, 2.05) is 13.8 Å². The van der Waals surface area contributed by atoms with Gasteiger partial charge in [-0.1, -0.05) is 20.8 Å². The summed E-state index contributed by atoms with van der Waals surface area (Å²) in [7, 11) is 0. The normalized spacial score (nSPS) is 53.7. The van der Waals surface area contributed by atoms with Gasteiger partial charge in [0.2, 0.25) is 0 Å². The average Bonchev–Trinajstić information content (AvgIpc) is 3.00. The van der Waals surface area contributed by atoms with Crippen LogP contribution in [0.15, 0.2) is 0 Å². The summed E-state index contributed by atoms with van der Waals surface area (Å²) in [5.41, 5.74) is -0.156. The van der Waals surface area contributed by atoms with Crippen LogP contribution in [0.5, 0.6) is 0 Å². The molecule has 0 amide bonds. The van der Waals surface area contributed by atoms with Crippen LogP contribution in [0.3, 0.4) is 0 Å². The van der Waals surface area contributed by atoms with Crippen molar-refractivity contribution in [1.82, 2.24) is 0 Å². The van der Waals surface area contributed by atoms with Crippen LogP contribution >= 0.6 is 0 Å². The molecule has 31 heavy (non-hydrogen) atoms. The maximum absolute atomic E-state index is 7.36. The SMILES string of the molecule is C[C@@H]1CCC2[C@]3(C)COC(C)(C)O[C@H]3CC[C@]2(C)[C@@]12CC[C@@]1(CCOC(C)(C)OC1)O2. The Morgan fingerprint density at radius 2 is 1.45 bits per heavy atom. The molecule has 0 aromatic heterocycles. The first-order valence-electron chi connectivity index (χ1n) is 12.7. The van der Waals surface area contributed by atoms with E-state index in [1.54, 1.807) is 0 Å². The van der Waals surface area contributed by atoms with Crippen LogP contribution in [0.25, 0.3) is 0 Å². The van der Waals surface area contributed by atoms with Crippen LogP contribution in [0.4, 0.5) is 0 Å². The third-order valence-corrected chi connectivity index (χ3v) is 10.1. The van der Waals surface area contributed by atoms with Gasteiger partial charge < -0.3 is 23.7 Å². The summed E-state index contributed by atoms with van der Waals surface area (Å²) in [6, 6.07) is 0. The van der Waals surface area contributed by atoms with E-state index in [0.29, 0.717) is 25.0 Å². The second-order valence-electron chi connectivity index (χ2n) is 12.7. The molecule has 0 aromatic carbocycles. The van der Waals surface area contributed by atoms with Crippen molar-refractivity contribution < 1.29 is 23.7 Å². The van der Waals surface area contributed by atoms with Crippen LogP contribution in [-0.2, 0) is 23.7 Å². The Hall–Kier alpha value is -0.200. The van der Waals surface area contributed by atoms with Gasteiger partial charge in [-0.15, -0.1) is 0 Å². The second-order valence-corrected chi connectivity index (χ2v) is 12.7. The first kappa shape index (κ1) is 22.6. The van der Waals surface area contributed by atoms with Crippen LogP contribution in [0.2, 0.25) is 0 Å². The molecule has 5 heteroatoms. The van der Waals surface area contributed by atoms with Crippen molar-refractivity contribution in [1.29, 1.82) is 0 Å². The molecule has 5 rings (SSSR count). The van der Waals surface area contributed by atoms with Crippen LogP contribution < -0.4 is 0 Å². The highest BCUT2D eigenvalue weighted by molar-refractivity contribution is 5.18. The lowest BCUT2D eigenvalue weighted by atomic mass is 9.43. The van der Waals surface area contributed by atoms with Crippen LogP contribution in [-0.4, -0.2) is 48.7 Å². The second kappa shape index (κ2) is 6.91. The smallest absolute Gasteiger partial charge is 0.163 e. The molecule has 3 saturated heterocycles. The molecular formula is C26H44O5. The Morgan fingerprint density at radius 1 is 0.710 bits per heavy atom. The maximum Gasteiger partial charge on any atom is 0.163 e. The molecule has 7 atom stereocenters. The molecular weight excluding hydrogens is 392 g/mol. The summed E-state index contributed by atoms with van der Waals surface area (Å²) >= 11 is 0. The minimum absolute atomic E-state index is 0.0415. The van der Waals surface area contributed by atoms with Crippen molar-refractivity contribution in [2.45, 2.75) is 122 Å². The molecule has 0 bridgehead atoms. The maximum atomic E-state index is 7.36. The summed E-state index contributed by atoms with van der Waals surface area (Å²) < 4.78 is 32.3. The highest BCUT2D eigenvalue weighted by Gasteiger charge is 2.70. The average molecular weight is 437 g/mol. The van der Waals surface area contributed by atoms with E-state index in [-0.39, 0.29) is 28.1 Å². The van der Waals surface area contributed by atoms with Gasteiger partial charge in [0, 0.05) is 17.3 Å². The van der Waals surface area contributed by atoms with Gasteiger partial charge in [-0.25, -0.2) is 0 Å². The van der Waals surface area contributed by atoms with Gasteiger partial charge >= 0.3 is 0 Å². The van der Waals surface area contributed by atoms with E-state index < -0.39 is 11.6 Å². The van der Waals surface area contributed by atoms with E-state index in [0.717, 1.165) is 38.7 Å². The van der Waals surface area contributed by atoms with E-state index in [4.69, 9.17) is 23.7 Å². The van der Waals surface area contributed by atoms with Gasteiger partial charge in [-0.3, -0.25) is 0 Å². The Morgan fingerprint density at radius 3 is 2.23 bits per heavy atom. The van der Waals surface area contributed by atoms with Crippen molar-refractivity contribution in [3.8, 4) is 0 Å². The van der Waals surface area contributed by atoms with E-state index in [2.05, 4.69) is 34.6 Å². The van der Waals surface area contributed by atoms with Crippen molar-refractivity contribution in [3.63, 3.8) is 0 Å². The first-order valence-corrected chi connectivity index (χ1v) is 12.7. The largest absolute Gasteiger partial charge is 0.365 e. The topological polar surface area (TPSA) is 46.2 Å². The van der Waals surface area contributed by atoms with Crippen molar-refractivity contribution in [2.24, 2.45) is 22.7 Å². The number of rotatable bonds is 0. The third kappa shape index (κ3) is 3.28. The quantitative estimate of drug-likeness (QED) is 0.505. The fraction of sp³-hybridized carbons (Fsp3) is 1.00. The lowest BCUT2D eigenvalue weighted by Gasteiger charge is -2.67. The van der Waals surface area contributed by atoms with Crippen LogP contribution in [0.1, 0.15) is 93.4 Å². The zero-order chi connectivity index (χ0) is 22.3. The zero-order valence-corrected chi connectivity index (χ0v) is 20.8. The lowest BCUT2D eigenvalue weighted by Crippen LogP contribution is -2.69. The summed E-state index contributed by atoms with van der Waals surface area (Å²) in [6.45, 7) is 17.7. The standard InChI is InChI=1S/C26H44O5/c1-18-8-9-19-23(6)16-28-22(4,5)30-20(23)10-11-24(19,7)26(18)13-12-25(31-26)14-15-27-21(2,3)29-17-25/h18-20H,8-17H2,1-7H3/t18-,19?,20+,23+,24+,25+,26-/m1/s1. The van der Waals surface area contributed by atoms with Gasteiger partial charge in [-0.2, -0.15) is 0 Å². The predicted molar refractivity (Wildman–Crippen MR) is 119 cm³/mol. The minimum Gasteiger partial charge on any atom is -0.365 e. The minimum atomic E-state index is -0.525. The van der Waals surface area contributed by atoms with Crippen LogP contribution in [0, 0.1) is 22.7 Å².